The molecule has 0 spiro atoms. The van der Waals surface area contributed by atoms with E-state index in [-0.39, 0.29) is 26.3 Å². The second kappa shape index (κ2) is 8.38. The van der Waals surface area contributed by atoms with Crippen LogP contribution in [0.3, 0.4) is 0 Å². The molecular formula is C13H10ClF4N3S2. The van der Waals surface area contributed by atoms with E-state index in [1.807, 2.05) is 0 Å². The van der Waals surface area contributed by atoms with E-state index in [0.29, 0.717) is 0 Å². The van der Waals surface area contributed by atoms with Gasteiger partial charge in [0.1, 0.15) is 16.6 Å². The first kappa shape index (κ1) is 19.5. The number of nitrogens with zero attached hydrogens (tertiary/aromatic N) is 1. The summed E-state index contributed by atoms with van der Waals surface area (Å²) >= 11 is 14.5. The van der Waals surface area contributed by atoms with E-state index in [1.165, 1.54) is 18.2 Å². The van der Waals surface area contributed by atoms with Crippen LogP contribution in [0.5, 0.6) is 0 Å². The molecule has 3 nitrogen and oxygen atoms in total. The lowest BCUT2D eigenvalue weighted by Crippen LogP contribution is -2.28. The average Bonchev–Trinajstić information content (AvgIpc) is 2.43. The van der Waals surface area contributed by atoms with Crippen molar-refractivity contribution in [1.82, 2.24) is 5.32 Å². The monoisotopic (exact) mass is 383 g/mol. The minimum absolute atomic E-state index is 0.0478. The molecule has 0 saturated carbocycles. The van der Waals surface area contributed by atoms with Crippen molar-refractivity contribution in [1.29, 1.82) is 5.26 Å². The molecule has 0 atom stereocenters. The maximum atomic E-state index is 13.8. The lowest BCUT2D eigenvalue weighted by atomic mass is 10.2. The zero-order valence-electron chi connectivity index (χ0n) is 11.3. The maximum absolute atomic E-state index is 13.8. The van der Waals surface area contributed by atoms with Crippen molar-refractivity contribution < 1.29 is 17.6 Å². The van der Waals surface area contributed by atoms with Crippen LogP contribution in [0, 0.1) is 17.1 Å². The zero-order chi connectivity index (χ0) is 17.6. The first-order valence-corrected chi connectivity index (χ1v) is 7.28. The number of anilines is 1. The Hall–Kier alpha value is -1.50. The molecule has 1 rings (SSSR count). The zero-order valence-corrected chi connectivity index (χ0v) is 13.8. The van der Waals surface area contributed by atoms with Crippen LogP contribution in [-0.4, -0.2) is 17.7 Å². The van der Waals surface area contributed by atoms with Crippen molar-refractivity contribution in [2.45, 2.75) is 12.6 Å². The van der Waals surface area contributed by atoms with Gasteiger partial charge in [-0.25, -0.2) is 4.39 Å². The molecule has 0 radical (unpaired) electrons. The van der Waals surface area contributed by atoms with Crippen molar-refractivity contribution in [2.24, 2.45) is 0 Å². The van der Waals surface area contributed by atoms with E-state index < -0.39 is 25.0 Å². The van der Waals surface area contributed by atoms with E-state index in [0.717, 1.165) is 0 Å². The summed E-state index contributed by atoms with van der Waals surface area (Å²) in [6.45, 7) is -0.486. The lowest BCUT2D eigenvalue weighted by Gasteiger charge is -2.12. The van der Waals surface area contributed by atoms with Crippen molar-refractivity contribution >= 4 is 47.1 Å². The van der Waals surface area contributed by atoms with Crippen LogP contribution < -0.4 is 10.6 Å². The molecule has 0 fully saturated rings. The molecule has 0 amide bonds. The molecule has 1 aromatic carbocycles. The molecule has 0 aliphatic carbocycles. The highest BCUT2D eigenvalue weighted by Crippen LogP contribution is 2.25. The molecule has 0 heterocycles. The second-order valence-corrected chi connectivity index (χ2v) is 5.45. The first-order chi connectivity index (χ1) is 10.7. The molecule has 124 valence electrons. The van der Waals surface area contributed by atoms with Crippen molar-refractivity contribution in [2.75, 3.05) is 11.9 Å². The molecule has 0 unspecified atom stereocenters. The molecule has 0 aromatic heterocycles. The Kier molecular flexibility index (Phi) is 7.12. The molecule has 2 N–H and O–H groups in total. The van der Waals surface area contributed by atoms with Crippen LogP contribution in [0.4, 0.5) is 23.2 Å². The summed E-state index contributed by atoms with van der Waals surface area (Å²) in [4.78, 5) is -0.225. The van der Waals surface area contributed by atoms with Gasteiger partial charge in [-0.15, -0.1) is 12.6 Å². The minimum atomic E-state index is -4.34. The van der Waals surface area contributed by atoms with Crippen molar-refractivity contribution in [3.05, 3.63) is 39.6 Å². The summed E-state index contributed by atoms with van der Waals surface area (Å²) in [5.41, 5.74) is -0.266. The van der Waals surface area contributed by atoms with Gasteiger partial charge >= 0.3 is 6.18 Å². The Bertz CT molecular complexity index is 668. The van der Waals surface area contributed by atoms with Gasteiger partial charge in [0, 0.05) is 6.54 Å². The van der Waals surface area contributed by atoms with E-state index >= 15 is 0 Å². The molecule has 1 aromatic rings. The van der Waals surface area contributed by atoms with Gasteiger partial charge in [-0.3, -0.25) is 0 Å². The number of alkyl halides is 3. The normalized spacial score (nSPS) is 12.2. The quantitative estimate of drug-likeness (QED) is 0.231. The lowest BCUT2D eigenvalue weighted by molar-refractivity contribution is -0.132. The van der Waals surface area contributed by atoms with Gasteiger partial charge in [0.15, 0.2) is 5.82 Å². The molecule has 10 heteroatoms. The van der Waals surface area contributed by atoms with Crippen LogP contribution in [0.25, 0.3) is 0 Å². The fourth-order valence-corrected chi connectivity index (χ4v) is 2.19. The molecular weight excluding hydrogens is 374 g/mol. The summed E-state index contributed by atoms with van der Waals surface area (Å²) in [5, 5.41) is 13.6. The number of thiocarbonyl (C=S) groups is 1. The summed E-state index contributed by atoms with van der Waals surface area (Å²) in [7, 11) is 0. The molecule has 0 saturated heterocycles. The average molecular weight is 384 g/mol. The third-order valence-corrected chi connectivity index (χ3v) is 3.45. The Morgan fingerprint density at radius 3 is 2.61 bits per heavy atom. The topological polar surface area (TPSA) is 47.9 Å². The van der Waals surface area contributed by atoms with E-state index in [1.54, 1.807) is 6.07 Å². The summed E-state index contributed by atoms with van der Waals surface area (Å²) in [6, 6.07) is 5.86. The summed E-state index contributed by atoms with van der Waals surface area (Å²) in [6.07, 6.45) is -5.45. The van der Waals surface area contributed by atoms with Gasteiger partial charge in [-0.1, -0.05) is 29.9 Å². The number of rotatable bonds is 5. The van der Waals surface area contributed by atoms with Crippen LogP contribution in [0.2, 0.25) is 5.02 Å². The van der Waals surface area contributed by atoms with E-state index in [2.05, 4.69) is 23.3 Å². The van der Waals surface area contributed by atoms with Crippen LogP contribution in [-0.2, 0) is 0 Å². The number of nitriles is 1. The fraction of sp³-hybridized carbons (Fsp3) is 0.231. The fourth-order valence-electron chi connectivity index (χ4n) is 1.41. The summed E-state index contributed by atoms with van der Waals surface area (Å²) < 4.78 is 50.0. The Morgan fingerprint density at radius 2 is 2.04 bits per heavy atom. The SMILES string of the molecule is N#C/C(C(=S)NCCC(F)(F)F)=C(/S)Nc1cccc(Cl)c1F. The molecule has 0 aliphatic rings. The van der Waals surface area contributed by atoms with Crippen molar-refractivity contribution in [3.8, 4) is 6.07 Å². The first-order valence-electron chi connectivity index (χ1n) is 6.05. The predicted molar refractivity (Wildman–Crippen MR) is 87.9 cm³/mol. The Balaban J connectivity index is 2.85. The number of thiol groups is 1. The van der Waals surface area contributed by atoms with Crippen LogP contribution in [0.1, 0.15) is 6.42 Å². The third-order valence-electron chi connectivity index (χ3n) is 2.47. The van der Waals surface area contributed by atoms with Gasteiger partial charge in [0.25, 0.3) is 0 Å². The van der Waals surface area contributed by atoms with Gasteiger partial charge in [0.2, 0.25) is 0 Å². The Morgan fingerprint density at radius 1 is 1.39 bits per heavy atom. The predicted octanol–water partition coefficient (Wildman–Crippen LogP) is 4.43. The maximum Gasteiger partial charge on any atom is 0.390 e. The standard InChI is InChI=1S/C13H10ClF4N3S2/c14-8-2-1-3-9(10(8)15)21-12(23)7(6-19)11(22)20-5-4-13(16,17)18/h1-3,21,23H,4-5H2,(H,20,22)/b12-7-. The van der Waals surface area contributed by atoms with Crippen LogP contribution in [0.15, 0.2) is 28.8 Å². The number of nitrogens with one attached hydrogen (secondary N) is 2. The van der Waals surface area contributed by atoms with E-state index in [4.69, 9.17) is 29.1 Å². The number of hydrogen-bond donors (Lipinski definition) is 3. The van der Waals surface area contributed by atoms with E-state index in [9.17, 15) is 17.6 Å². The third kappa shape index (κ3) is 6.25. The second-order valence-electron chi connectivity index (χ2n) is 4.18. The smallest absolute Gasteiger partial charge is 0.375 e. The van der Waals surface area contributed by atoms with Gasteiger partial charge in [-0.05, 0) is 12.1 Å². The Labute approximate surface area is 145 Å². The highest BCUT2D eigenvalue weighted by molar-refractivity contribution is 7.85. The van der Waals surface area contributed by atoms with Gasteiger partial charge < -0.3 is 10.6 Å². The minimum Gasteiger partial charge on any atom is -0.375 e. The van der Waals surface area contributed by atoms with Crippen LogP contribution >= 0.6 is 36.4 Å². The number of hydrogen-bond acceptors (Lipinski definition) is 4. The highest BCUT2D eigenvalue weighted by atomic mass is 35.5. The van der Waals surface area contributed by atoms with Gasteiger partial charge in [0.05, 0.1) is 22.2 Å². The molecule has 0 aliphatic heterocycles. The molecule has 23 heavy (non-hydrogen) atoms. The number of halogens is 5. The van der Waals surface area contributed by atoms with Gasteiger partial charge in [-0.2, -0.15) is 18.4 Å². The number of benzene rings is 1. The highest BCUT2D eigenvalue weighted by Gasteiger charge is 2.26. The molecule has 0 bridgehead atoms. The largest absolute Gasteiger partial charge is 0.390 e. The summed E-state index contributed by atoms with van der Waals surface area (Å²) in [5.74, 6) is -0.756. The van der Waals surface area contributed by atoms with Crippen molar-refractivity contribution in [3.63, 3.8) is 0 Å².